The molecule has 0 fully saturated rings. The van der Waals surface area contributed by atoms with Crippen LogP contribution in [0.15, 0.2) is 72.4 Å². The number of halogens is 1. The van der Waals surface area contributed by atoms with E-state index in [0.717, 1.165) is 21.6 Å². The quantitative estimate of drug-likeness (QED) is 0.524. The van der Waals surface area contributed by atoms with Gasteiger partial charge in [-0.15, -0.1) is 11.3 Å². The molecule has 0 aliphatic heterocycles. The molecule has 0 aliphatic rings. The lowest BCUT2D eigenvalue weighted by Gasteiger charge is -2.19. The van der Waals surface area contributed by atoms with Crippen molar-refractivity contribution in [3.05, 3.63) is 88.0 Å². The predicted molar refractivity (Wildman–Crippen MR) is 101 cm³/mol. The minimum Gasteiger partial charge on any atom is -0.371 e. The minimum absolute atomic E-state index is 0.00696. The van der Waals surface area contributed by atoms with Gasteiger partial charge in [-0.05, 0) is 29.8 Å². The maximum atomic E-state index is 6.09. The Bertz CT molecular complexity index is 955. The Labute approximate surface area is 149 Å². The van der Waals surface area contributed by atoms with Crippen LogP contribution in [0.25, 0.3) is 10.9 Å². The second-order valence-corrected chi connectivity index (χ2v) is 6.74. The van der Waals surface area contributed by atoms with Crippen LogP contribution in [0.3, 0.4) is 0 Å². The van der Waals surface area contributed by atoms with Crippen molar-refractivity contribution in [1.82, 2.24) is 9.97 Å². The fourth-order valence-electron chi connectivity index (χ4n) is 2.71. The highest BCUT2D eigenvalue weighted by Crippen LogP contribution is 2.31. The van der Waals surface area contributed by atoms with Crippen molar-refractivity contribution in [1.29, 1.82) is 0 Å². The van der Waals surface area contributed by atoms with E-state index in [1.807, 2.05) is 54.0 Å². The van der Waals surface area contributed by atoms with Crippen LogP contribution in [0, 0.1) is 0 Å². The monoisotopic (exact) mass is 351 g/mol. The van der Waals surface area contributed by atoms with Gasteiger partial charge in [0, 0.05) is 33.9 Å². The van der Waals surface area contributed by atoms with Crippen LogP contribution >= 0.6 is 22.9 Å². The predicted octanol–water partition coefficient (Wildman–Crippen LogP) is 5.55. The zero-order valence-corrected chi connectivity index (χ0v) is 14.3. The van der Waals surface area contributed by atoms with Crippen molar-refractivity contribution in [3.8, 4) is 0 Å². The number of fused-ring (bicyclic) bond motifs is 1. The second-order valence-electron chi connectivity index (χ2n) is 5.38. The number of nitrogens with one attached hydrogen (secondary N) is 1. The molecule has 1 N–H and O–H groups in total. The second kappa shape index (κ2) is 6.59. The third-order valence-electron chi connectivity index (χ3n) is 3.84. The van der Waals surface area contributed by atoms with Crippen LogP contribution in [-0.4, -0.2) is 9.97 Å². The Morgan fingerprint density at radius 3 is 2.62 bits per heavy atom. The first-order valence-corrected chi connectivity index (χ1v) is 8.82. The average molecular weight is 352 g/mol. The highest BCUT2D eigenvalue weighted by Gasteiger charge is 2.17. The molecule has 0 saturated heterocycles. The summed E-state index contributed by atoms with van der Waals surface area (Å²) in [6.45, 7) is 0. The lowest BCUT2D eigenvalue weighted by molar-refractivity contribution is 0.922. The number of nitrogens with zero attached hydrogens (tertiary/aromatic N) is 2. The number of anilines is 1. The van der Waals surface area contributed by atoms with Crippen molar-refractivity contribution in [2.24, 2.45) is 0 Å². The van der Waals surface area contributed by atoms with E-state index < -0.39 is 0 Å². The molecule has 0 radical (unpaired) electrons. The smallest absolute Gasteiger partial charge is 0.119 e. The van der Waals surface area contributed by atoms with Crippen LogP contribution in [0.2, 0.25) is 5.02 Å². The third-order valence-corrected chi connectivity index (χ3v) is 4.91. The molecule has 4 aromatic rings. The molecule has 2 aromatic heterocycles. The minimum atomic E-state index is -0.00696. The average Bonchev–Trinajstić information content (AvgIpc) is 3.14. The van der Waals surface area contributed by atoms with Crippen molar-refractivity contribution >= 4 is 39.5 Å². The summed E-state index contributed by atoms with van der Waals surface area (Å²) in [4.78, 5) is 8.91. The molecule has 2 aromatic carbocycles. The SMILES string of the molecule is Clc1ccc2c(NC(c3ccccc3)c3nccs3)ccnc2c1. The van der Waals surface area contributed by atoms with E-state index in [9.17, 15) is 0 Å². The number of aromatic nitrogens is 2. The third kappa shape index (κ3) is 2.98. The lowest BCUT2D eigenvalue weighted by atomic mass is 10.1. The van der Waals surface area contributed by atoms with Gasteiger partial charge in [-0.3, -0.25) is 4.98 Å². The largest absolute Gasteiger partial charge is 0.371 e. The molecule has 4 rings (SSSR count). The van der Waals surface area contributed by atoms with Crippen molar-refractivity contribution in [2.75, 3.05) is 5.32 Å². The molecule has 0 aliphatic carbocycles. The summed E-state index contributed by atoms with van der Waals surface area (Å²) in [6.07, 6.45) is 3.63. The normalized spacial score (nSPS) is 12.2. The van der Waals surface area contributed by atoms with Crippen molar-refractivity contribution in [2.45, 2.75) is 6.04 Å². The Hall–Kier alpha value is -2.43. The standard InChI is InChI=1S/C19H14ClN3S/c20-14-6-7-15-16(8-9-21-17(15)12-14)23-18(19-22-10-11-24-19)13-4-2-1-3-5-13/h1-12,18H,(H,21,23). The van der Waals surface area contributed by atoms with Gasteiger partial charge < -0.3 is 5.32 Å². The van der Waals surface area contributed by atoms with Gasteiger partial charge in [0.15, 0.2) is 0 Å². The molecule has 1 unspecified atom stereocenters. The lowest BCUT2D eigenvalue weighted by Crippen LogP contribution is -2.12. The summed E-state index contributed by atoms with van der Waals surface area (Å²) in [5.74, 6) is 0. The Kier molecular flexibility index (Phi) is 4.15. The van der Waals surface area contributed by atoms with Crippen molar-refractivity contribution in [3.63, 3.8) is 0 Å². The van der Waals surface area contributed by atoms with E-state index in [4.69, 9.17) is 11.6 Å². The van der Waals surface area contributed by atoms with Gasteiger partial charge in [-0.1, -0.05) is 41.9 Å². The highest BCUT2D eigenvalue weighted by atomic mass is 35.5. The molecule has 0 bridgehead atoms. The highest BCUT2D eigenvalue weighted by molar-refractivity contribution is 7.09. The Balaban J connectivity index is 1.79. The van der Waals surface area contributed by atoms with Gasteiger partial charge in [0.2, 0.25) is 0 Å². The van der Waals surface area contributed by atoms with Gasteiger partial charge in [0.25, 0.3) is 0 Å². The molecule has 3 nitrogen and oxygen atoms in total. The first-order chi connectivity index (χ1) is 11.8. The number of hydrogen-bond acceptors (Lipinski definition) is 4. The van der Waals surface area contributed by atoms with Gasteiger partial charge in [-0.25, -0.2) is 4.98 Å². The van der Waals surface area contributed by atoms with Gasteiger partial charge in [-0.2, -0.15) is 0 Å². The van der Waals surface area contributed by atoms with Crippen LogP contribution in [0.5, 0.6) is 0 Å². The summed E-state index contributed by atoms with van der Waals surface area (Å²) < 4.78 is 0. The van der Waals surface area contributed by atoms with Crippen LogP contribution < -0.4 is 5.32 Å². The summed E-state index contributed by atoms with van der Waals surface area (Å²) >= 11 is 7.73. The number of pyridine rings is 1. The van der Waals surface area contributed by atoms with E-state index in [2.05, 4.69) is 27.4 Å². The molecule has 0 amide bonds. The van der Waals surface area contributed by atoms with Gasteiger partial charge >= 0.3 is 0 Å². The summed E-state index contributed by atoms with van der Waals surface area (Å²) in [5, 5.41) is 8.38. The maximum absolute atomic E-state index is 6.09. The summed E-state index contributed by atoms with van der Waals surface area (Å²) in [6, 6.07) is 18.1. The fraction of sp³-hybridized carbons (Fsp3) is 0.0526. The number of rotatable bonds is 4. The fourth-order valence-corrected chi connectivity index (χ4v) is 3.59. The molecular formula is C19H14ClN3S. The molecule has 0 spiro atoms. The molecule has 0 saturated carbocycles. The van der Waals surface area contributed by atoms with Crippen LogP contribution in [-0.2, 0) is 0 Å². The van der Waals surface area contributed by atoms with E-state index in [1.54, 1.807) is 17.5 Å². The number of benzene rings is 2. The number of thiazole rings is 1. The first-order valence-electron chi connectivity index (χ1n) is 7.56. The van der Waals surface area contributed by atoms with Gasteiger partial charge in [0.1, 0.15) is 11.0 Å². The first kappa shape index (κ1) is 15.1. The Morgan fingerprint density at radius 2 is 1.83 bits per heavy atom. The topological polar surface area (TPSA) is 37.8 Å². The Morgan fingerprint density at radius 1 is 0.958 bits per heavy atom. The molecule has 2 heterocycles. The molecule has 24 heavy (non-hydrogen) atoms. The van der Waals surface area contributed by atoms with Crippen molar-refractivity contribution < 1.29 is 0 Å². The maximum Gasteiger partial charge on any atom is 0.119 e. The van der Waals surface area contributed by atoms with E-state index in [1.165, 1.54) is 5.56 Å². The zero-order valence-electron chi connectivity index (χ0n) is 12.7. The van der Waals surface area contributed by atoms with Crippen LogP contribution in [0.4, 0.5) is 5.69 Å². The number of hydrogen-bond donors (Lipinski definition) is 1. The van der Waals surface area contributed by atoms with E-state index >= 15 is 0 Å². The summed E-state index contributed by atoms with van der Waals surface area (Å²) in [5.41, 5.74) is 3.06. The van der Waals surface area contributed by atoms with E-state index in [-0.39, 0.29) is 6.04 Å². The molecular weight excluding hydrogens is 338 g/mol. The van der Waals surface area contributed by atoms with Crippen LogP contribution in [0.1, 0.15) is 16.6 Å². The molecule has 5 heteroatoms. The molecule has 1 atom stereocenters. The zero-order chi connectivity index (χ0) is 16.4. The molecule has 118 valence electrons. The summed E-state index contributed by atoms with van der Waals surface area (Å²) in [7, 11) is 0. The van der Waals surface area contributed by atoms with Gasteiger partial charge in [0.05, 0.1) is 5.52 Å². The van der Waals surface area contributed by atoms with E-state index in [0.29, 0.717) is 5.02 Å².